The Morgan fingerprint density at radius 3 is 2.44 bits per heavy atom. The number of ether oxygens (including phenoxy) is 1. The summed E-state index contributed by atoms with van der Waals surface area (Å²) in [6.45, 7) is 8.16. The van der Waals surface area contributed by atoms with Gasteiger partial charge in [0.2, 0.25) is 0 Å². The molecule has 166 valence electrons. The third kappa shape index (κ3) is 4.07. The van der Waals surface area contributed by atoms with Gasteiger partial charge in [-0.25, -0.2) is 0 Å². The number of rotatable bonds is 4. The Labute approximate surface area is 189 Å². The summed E-state index contributed by atoms with van der Waals surface area (Å²) >= 11 is 0. The molecule has 0 fully saturated rings. The summed E-state index contributed by atoms with van der Waals surface area (Å²) in [6, 6.07) is 15.4. The van der Waals surface area contributed by atoms with E-state index in [1.54, 1.807) is 13.2 Å². The molecule has 4 rings (SSSR count). The van der Waals surface area contributed by atoms with E-state index >= 15 is 0 Å². The normalized spacial score (nSPS) is 19.9. The summed E-state index contributed by atoms with van der Waals surface area (Å²) in [5.74, 6) is 0.0361. The summed E-state index contributed by atoms with van der Waals surface area (Å²) in [6.07, 6.45) is 1.24. The number of Topliss-reactive ketones (excluding diaryl/α,β-unsaturated/α-hetero) is 1. The van der Waals surface area contributed by atoms with Crippen molar-refractivity contribution in [3.05, 3.63) is 82.2 Å². The number of carbonyl (C=O) groups is 2. The second kappa shape index (κ2) is 8.30. The lowest BCUT2D eigenvalue weighted by molar-refractivity contribution is -0.118. The Morgan fingerprint density at radius 2 is 1.75 bits per heavy atom. The predicted octanol–water partition coefficient (Wildman–Crippen LogP) is 5.25. The number of anilines is 1. The van der Waals surface area contributed by atoms with Gasteiger partial charge < -0.3 is 15.4 Å². The van der Waals surface area contributed by atoms with Gasteiger partial charge in [-0.2, -0.15) is 0 Å². The van der Waals surface area contributed by atoms with Crippen molar-refractivity contribution in [3.8, 4) is 5.75 Å². The van der Waals surface area contributed by atoms with Crippen molar-refractivity contribution in [2.24, 2.45) is 5.41 Å². The first-order valence-electron chi connectivity index (χ1n) is 10.9. The van der Waals surface area contributed by atoms with Gasteiger partial charge >= 0.3 is 0 Å². The van der Waals surface area contributed by atoms with Gasteiger partial charge in [-0.05, 0) is 43.4 Å². The van der Waals surface area contributed by atoms with Gasteiger partial charge in [-0.15, -0.1) is 0 Å². The van der Waals surface area contributed by atoms with Crippen LogP contribution in [0.15, 0.2) is 71.1 Å². The van der Waals surface area contributed by atoms with E-state index in [0.717, 1.165) is 28.9 Å². The maximum atomic E-state index is 13.6. The standard InChI is InChI=1S/C27H30N2O3/c1-16-10-12-18(13-11-16)24-23(26(31)29-19-8-6-7-9-22(19)32-5)17(2)28-20-14-27(3,4)15-21(30)25(20)24/h6-13,24,28H,14-15H2,1-5H3,(H,29,31). The van der Waals surface area contributed by atoms with Gasteiger partial charge in [0.25, 0.3) is 5.91 Å². The third-order valence-electron chi connectivity index (χ3n) is 6.25. The molecule has 2 aliphatic rings. The molecular weight excluding hydrogens is 400 g/mol. The molecule has 1 heterocycles. The van der Waals surface area contributed by atoms with Crippen molar-refractivity contribution in [2.45, 2.75) is 46.5 Å². The molecule has 0 bridgehead atoms. The average Bonchev–Trinajstić information content (AvgIpc) is 2.72. The van der Waals surface area contributed by atoms with Crippen molar-refractivity contribution < 1.29 is 14.3 Å². The lowest BCUT2D eigenvalue weighted by Crippen LogP contribution is -2.39. The average molecular weight is 431 g/mol. The zero-order chi connectivity index (χ0) is 23.0. The van der Waals surface area contributed by atoms with Crippen LogP contribution in [0.2, 0.25) is 0 Å². The molecule has 1 aliphatic heterocycles. The van der Waals surface area contributed by atoms with Crippen LogP contribution in [0.5, 0.6) is 5.75 Å². The van der Waals surface area contributed by atoms with E-state index in [0.29, 0.717) is 29.0 Å². The zero-order valence-electron chi connectivity index (χ0n) is 19.3. The molecule has 0 saturated carbocycles. The molecule has 0 radical (unpaired) electrons. The maximum absolute atomic E-state index is 13.6. The van der Waals surface area contributed by atoms with Gasteiger partial charge in [0.05, 0.1) is 12.8 Å². The monoisotopic (exact) mass is 430 g/mol. The van der Waals surface area contributed by atoms with Crippen LogP contribution in [0.4, 0.5) is 5.69 Å². The number of hydrogen-bond acceptors (Lipinski definition) is 4. The largest absolute Gasteiger partial charge is 0.495 e. The number of hydrogen-bond donors (Lipinski definition) is 2. The number of benzene rings is 2. The van der Waals surface area contributed by atoms with Gasteiger partial charge in [-0.1, -0.05) is 55.8 Å². The van der Waals surface area contributed by atoms with E-state index in [-0.39, 0.29) is 17.1 Å². The molecule has 0 aromatic heterocycles. The fourth-order valence-corrected chi connectivity index (χ4v) is 4.77. The molecule has 1 unspecified atom stereocenters. The van der Waals surface area contributed by atoms with E-state index in [9.17, 15) is 9.59 Å². The molecule has 5 heteroatoms. The molecule has 1 amide bonds. The van der Waals surface area contributed by atoms with Gasteiger partial charge in [0.15, 0.2) is 5.78 Å². The van der Waals surface area contributed by atoms with Crippen molar-refractivity contribution in [3.63, 3.8) is 0 Å². The number of nitrogens with one attached hydrogen (secondary N) is 2. The van der Waals surface area contributed by atoms with Crippen LogP contribution in [-0.4, -0.2) is 18.8 Å². The van der Waals surface area contributed by atoms with Crippen LogP contribution >= 0.6 is 0 Å². The van der Waals surface area contributed by atoms with E-state index in [4.69, 9.17) is 4.74 Å². The number of carbonyl (C=O) groups excluding carboxylic acids is 2. The van der Waals surface area contributed by atoms with Gasteiger partial charge in [0, 0.05) is 34.9 Å². The van der Waals surface area contributed by atoms with Crippen molar-refractivity contribution >= 4 is 17.4 Å². The summed E-state index contributed by atoms with van der Waals surface area (Å²) in [5.41, 5.74) is 5.54. The number of ketones is 1. The Morgan fingerprint density at radius 1 is 1.06 bits per heavy atom. The SMILES string of the molecule is COc1ccccc1NC(=O)C1=C(C)NC2=C(C(=O)CC(C)(C)C2)C1c1ccc(C)cc1. The number of methoxy groups -OCH3 is 1. The second-order valence-electron chi connectivity index (χ2n) is 9.49. The van der Waals surface area contributed by atoms with E-state index in [2.05, 4.69) is 24.5 Å². The van der Waals surface area contributed by atoms with Gasteiger partial charge in [-0.3, -0.25) is 9.59 Å². The molecule has 1 aliphatic carbocycles. The molecule has 2 aromatic carbocycles. The highest BCUT2D eigenvalue weighted by Gasteiger charge is 2.42. The molecule has 0 saturated heterocycles. The molecular formula is C27H30N2O3. The summed E-state index contributed by atoms with van der Waals surface area (Å²) in [5, 5.41) is 6.41. The fraction of sp³-hybridized carbons (Fsp3) is 0.333. The molecule has 5 nitrogen and oxygen atoms in total. The van der Waals surface area contributed by atoms with Crippen molar-refractivity contribution in [1.82, 2.24) is 5.32 Å². The first-order chi connectivity index (χ1) is 15.2. The minimum atomic E-state index is -0.412. The summed E-state index contributed by atoms with van der Waals surface area (Å²) < 4.78 is 5.40. The van der Waals surface area contributed by atoms with E-state index < -0.39 is 5.92 Å². The minimum Gasteiger partial charge on any atom is -0.495 e. The first kappa shape index (κ1) is 21.9. The highest BCUT2D eigenvalue weighted by molar-refractivity contribution is 6.10. The zero-order valence-corrected chi connectivity index (χ0v) is 19.3. The Hall–Kier alpha value is -3.34. The smallest absolute Gasteiger partial charge is 0.254 e. The number of amides is 1. The molecule has 2 N–H and O–H groups in total. The first-order valence-corrected chi connectivity index (χ1v) is 10.9. The highest BCUT2D eigenvalue weighted by Crippen LogP contribution is 2.46. The predicted molar refractivity (Wildman–Crippen MR) is 126 cm³/mol. The van der Waals surface area contributed by atoms with Crippen LogP contribution in [0.25, 0.3) is 0 Å². The lowest BCUT2D eigenvalue weighted by Gasteiger charge is -2.39. The maximum Gasteiger partial charge on any atom is 0.254 e. The topological polar surface area (TPSA) is 67.4 Å². The van der Waals surface area contributed by atoms with Crippen LogP contribution in [0.1, 0.15) is 50.7 Å². The van der Waals surface area contributed by atoms with Gasteiger partial charge in [0.1, 0.15) is 5.75 Å². The molecule has 32 heavy (non-hydrogen) atoms. The van der Waals surface area contributed by atoms with Crippen molar-refractivity contribution in [2.75, 3.05) is 12.4 Å². The van der Waals surface area contributed by atoms with E-state index in [1.807, 2.05) is 56.3 Å². The van der Waals surface area contributed by atoms with E-state index in [1.165, 1.54) is 0 Å². The quantitative estimate of drug-likeness (QED) is 0.696. The van der Waals surface area contributed by atoms with Crippen LogP contribution in [-0.2, 0) is 9.59 Å². The summed E-state index contributed by atoms with van der Waals surface area (Å²) in [7, 11) is 1.58. The molecule has 1 atom stereocenters. The fourth-order valence-electron chi connectivity index (χ4n) is 4.77. The van der Waals surface area contributed by atoms with Crippen molar-refractivity contribution in [1.29, 1.82) is 0 Å². The van der Waals surface area contributed by atoms with Crippen LogP contribution < -0.4 is 15.4 Å². The number of allylic oxidation sites excluding steroid dienone is 3. The Balaban J connectivity index is 1.80. The highest BCUT2D eigenvalue weighted by atomic mass is 16.5. The lowest BCUT2D eigenvalue weighted by atomic mass is 9.68. The number of para-hydroxylation sites is 2. The number of dihydropyridines is 1. The molecule has 2 aromatic rings. The summed E-state index contributed by atoms with van der Waals surface area (Å²) in [4.78, 5) is 27.0. The van der Waals surface area contributed by atoms with Crippen LogP contribution in [0.3, 0.4) is 0 Å². The Kier molecular flexibility index (Phi) is 5.68. The third-order valence-corrected chi connectivity index (χ3v) is 6.25. The molecule has 0 spiro atoms. The van der Waals surface area contributed by atoms with Crippen LogP contribution in [0, 0.1) is 12.3 Å². The Bertz CT molecular complexity index is 1140. The number of aryl methyl sites for hydroxylation is 1. The second-order valence-corrected chi connectivity index (χ2v) is 9.49. The minimum absolute atomic E-state index is 0.101.